The van der Waals surface area contributed by atoms with Gasteiger partial charge >= 0.3 is 0 Å². The zero-order valence-electron chi connectivity index (χ0n) is 31.7. The third-order valence-electron chi connectivity index (χ3n) is 10.8. The first-order valence-electron chi connectivity index (χ1n) is 18.6. The Balaban J connectivity index is 1.34. The van der Waals surface area contributed by atoms with Crippen molar-refractivity contribution >= 4 is 44.4 Å². The Hall–Kier alpha value is -7.52. The molecule has 0 saturated carbocycles. The Morgan fingerprint density at radius 2 is 1.00 bits per heavy atom. The molecule has 278 valence electrons. The highest BCUT2D eigenvalue weighted by molar-refractivity contribution is 6.30. The zero-order valence-corrected chi connectivity index (χ0v) is 31.7. The van der Waals surface area contributed by atoms with Gasteiger partial charge in [-0.3, -0.25) is 0 Å². The van der Waals surface area contributed by atoms with Gasteiger partial charge in [-0.1, -0.05) is 36.4 Å². The normalized spacial score (nSPS) is 13.5. The first-order valence-corrected chi connectivity index (χ1v) is 18.6. The minimum Gasteiger partial charge on any atom is -0.497 e. The van der Waals surface area contributed by atoms with Gasteiger partial charge in [-0.2, -0.15) is 0 Å². The SMILES string of the molecule is COc1ccc(C2=C3C=CC(=N3)C(c3ccc(OC)cc3)=c3ccc([nH]3)=C(c3ccc(OC)cc3)c3ccc([nH]3)-c3c4ccc(OC)cc4nc4cc2[nH]c34)cc1. The molecular weight excluding hydrogens is 711 g/mol. The van der Waals surface area contributed by atoms with E-state index in [1.54, 1.807) is 28.4 Å². The number of hydrogen-bond donors (Lipinski definition) is 3. The largest absolute Gasteiger partial charge is 0.497 e. The van der Waals surface area contributed by atoms with E-state index in [1.165, 1.54) is 0 Å². The summed E-state index contributed by atoms with van der Waals surface area (Å²) in [6, 6.07) is 41.1. The Bertz CT molecular complexity index is 3090. The fourth-order valence-corrected chi connectivity index (χ4v) is 7.97. The molecule has 0 unspecified atom stereocenters. The standard InChI is InChI=1S/C48H37N5O4/c1-54-30-11-5-27(6-12-30)44-35-19-20-36(49-35)45(28-7-13-31(55-2)14-8-28)38-23-24-40(51-38)47-34-18-17-33(57-4)25-41(34)52-43-26-42(53-48(43)47)46(39-22-21-37(44)50-39)29-9-15-32(56-3)16-10-29/h5-26,49,51,53H,1-4H3. The van der Waals surface area contributed by atoms with Crippen molar-refractivity contribution in [1.82, 2.24) is 19.9 Å². The maximum atomic E-state index is 5.66. The molecule has 2 aliphatic heterocycles. The summed E-state index contributed by atoms with van der Waals surface area (Å²) in [4.78, 5) is 22.1. The summed E-state index contributed by atoms with van der Waals surface area (Å²) in [7, 11) is 6.71. The summed E-state index contributed by atoms with van der Waals surface area (Å²) < 4.78 is 22.3. The topological polar surface area (TPSA) is 110 Å². The van der Waals surface area contributed by atoms with Crippen LogP contribution < -0.4 is 29.6 Å². The van der Waals surface area contributed by atoms with Gasteiger partial charge in [-0.25, -0.2) is 9.98 Å². The predicted molar refractivity (Wildman–Crippen MR) is 226 cm³/mol. The molecule has 10 rings (SSSR count). The van der Waals surface area contributed by atoms with Crippen molar-refractivity contribution in [3.05, 3.63) is 178 Å². The number of rotatable bonds is 7. The van der Waals surface area contributed by atoms with E-state index in [-0.39, 0.29) is 0 Å². The van der Waals surface area contributed by atoms with Crippen molar-refractivity contribution in [2.24, 2.45) is 4.99 Å². The quantitative estimate of drug-likeness (QED) is 0.152. The lowest BCUT2D eigenvalue weighted by Gasteiger charge is -2.11. The summed E-state index contributed by atoms with van der Waals surface area (Å²) in [5.74, 6) is 3.08. The van der Waals surface area contributed by atoms with Crippen LogP contribution in [0.5, 0.6) is 23.0 Å². The van der Waals surface area contributed by atoms with Gasteiger partial charge in [0.05, 0.1) is 62.1 Å². The van der Waals surface area contributed by atoms with Crippen molar-refractivity contribution in [2.75, 3.05) is 28.4 Å². The highest BCUT2D eigenvalue weighted by Gasteiger charge is 2.23. The average Bonchev–Trinajstić information content (AvgIpc) is 4.10. The van der Waals surface area contributed by atoms with Gasteiger partial charge < -0.3 is 33.9 Å². The molecular formula is C48H37N5O4. The molecule has 6 heterocycles. The summed E-state index contributed by atoms with van der Waals surface area (Å²) in [5, 5.41) is 2.85. The molecule has 0 atom stereocenters. The van der Waals surface area contributed by atoms with Crippen LogP contribution in [0.4, 0.5) is 0 Å². The van der Waals surface area contributed by atoms with Crippen molar-refractivity contribution in [3.63, 3.8) is 0 Å². The fourth-order valence-electron chi connectivity index (χ4n) is 7.97. The van der Waals surface area contributed by atoms with E-state index < -0.39 is 0 Å². The number of allylic oxidation sites excluding steroid dienone is 2. The van der Waals surface area contributed by atoms with Crippen LogP contribution in [0.3, 0.4) is 0 Å². The highest BCUT2D eigenvalue weighted by atomic mass is 16.5. The number of H-pyrrole nitrogens is 3. The molecule has 8 aromatic rings. The van der Waals surface area contributed by atoms with E-state index in [0.29, 0.717) is 0 Å². The van der Waals surface area contributed by atoms with Gasteiger partial charge in [0.25, 0.3) is 0 Å². The highest BCUT2D eigenvalue weighted by Crippen LogP contribution is 2.40. The van der Waals surface area contributed by atoms with Gasteiger partial charge in [-0.05, 0) is 108 Å². The summed E-state index contributed by atoms with van der Waals surface area (Å²) in [5.41, 5.74) is 13.8. The van der Waals surface area contributed by atoms with Crippen LogP contribution in [0, 0.1) is 0 Å². The number of nitrogens with one attached hydrogen (secondary N) is 3. The van der Waals surface area contributed by atoms with Gasteiger partial charge in [0.15, 0.2) is 0 Å². The number of aromatic nitrogens is 4. The molecule has 0 spiro atoms. The molecule has 3 N–H and O–H groups in total. The van der Waals surface area contributed by atoms with E-state index >= 15 is 0 Å². The Morgan fingerprint density at radius 3 is 1.63 bits per heavy atom. The average molecular weight is 748 g/mol. The minimum absolute atomic E-state index is 0.738. The van der Waals surface area contributed by atoms with Crippen LogP contribution >= 0.6 is 0 Å². The third-order valence-corrected chi connectivity index (χ3v) is 10.8. The lowest BCUT2D eigenvalue weighted by Crippen LogP contribution is -2.19. The molecule has 0 fully saturated rings. The van der Waals surface area contributed by atoms with Gasteiger partial charge in [0.2, 0.25) is 0 Å². The minimum atomic E-state index is 0.738. The molecule has 57 heavy (non-hydrogen) atoms. The predicted octanol–water partition coefficient (Wildman–Crippen LogP) is 8.30. The van der Waals surface area contributed by atoms with Gasteiger partial charge in [0, 0.05) is 55.8 Å². The lowest BCUT2D eigenvalue weighted by molar-refractivity contribution is 0.414. The Labute approximate surface area is 328 Å². The van der Waals surface area contributed by atoms with Crippen LogP contribution in [0.25, 0.3) is 49.9 Å². The maximum absolute atomic E-state index is 5.66. The summed E-state index contributed by atoms with van der Waals surface area (Å²) in [6.45, 7) is 0. The Morgan fingerprint density at radius 1 is 0.439 bits per heavy atom. The molecule has 9 nitrogen and oxygen atoms in total. The van der Waals surface area contributed by atoms with Crippen molar-refractivity contribution in [1.29, 1.82) is 0 Å². The fraction of sp³-hybridized carbons (Fsp3) is 0.0833. The third kappa shape index (κ3) is 5.79. The molecule has 0 amide bonds. The molecule has 4 aromatic heterocycles. The van der Waals surface area contributed by atoms with Crippen LogP contribution in [0.1, 0.15) is 28.1 Å². The lowest BCUT2D eigenvalue weighted by atomic mass is 10.00. The van der Waals surface area contributed by atoms with Gasteiger partial charge in [-0.15, -0.1) is 0 Å². The molecule has 0 radical (unpaired) electrons. The Kier molecular flexibility index (Phi) is 8.14. The van der Waals surface area contributed by atoms with Gasteiger partial charge in [0.1, 0.15) is 23.0 Å². The van der Waals surface area contributed by atoms with Crippen molar-refractivity contribution in [3.8, 4) is 34.3 Å². The first kappa shape index (κ1) is 34.0. The number of methoxy groups -OCH3 is 4. The smallest absolute Gasteiger partial charge is 0.121 e. The van der Waals surface area contributed by atoms with Crippen LogP contribution in [0.2, 0.25) is 0 Å². The van der Waals surface area contributed by atoms with E-state index in [9.17, 15) is 0 Å². The van der Waals surface area contributed by atoms with E-state index in [0.717, 1.165) is 123 Å². The monoisotopic (exact) mass is 747 g/mol. The van der Waals surface area contributed by atoms with E-state index in [2.05, 4.69) is 99.9 Å². The zero-order chi connectivity index (χ0) is 38.6. The molecule has 9 heteroatoms. The number of aromatic amines is 3. The van der Waals surface area contributed by atoms with E-state index in [4.69, 9.17) is 28.9 Å². The van der Waals surface area contributed by atoms with E-state index in [1.807, 2.05) is 48.5 Å². The maximum Gasteiger partial charge on any atom is 0.121 e. The second kappa shape index (κ2) is 13.6. The molecule has 4 aromatic carbocycles. The second-order valence-corrected chi connectivity index (χ2v) is 13.9. The number of nitrogens with zero attached hydrogens (tertiary/aromatic N) is 2. The van der Waals surface area contributed by atoms with Crippen LogP contribution in [-0.2, 0) is 0 Å². The number of pyridine rings is 1. The number of fused-ring (bicyclic) bond motifs is 9. The van der Waals surface area contributed by atoms with Crippen molar-refractivity contribution < 1.29 is 18.9 Å². The number of aliphatic imine (C=N–C) groups is 1. The second-order valence-electron chi connectivity index (χ2n) is 13.9. The summed E-state index contributed by atoms with van der Waals surface area (Å²) in [6.07, 6.45) is 4.18. The molecule has 0 saturated heterocycles. The number of hydrogen-bond acceptors (Lipinski definition) is 6. The van der Waals surface area contributed by atoms with Crippen LogP contribution in [-0.4, -0.2) is 54.1 Å². The molecule has 8 bridgehead atoms. The number of benzene rings is 4. The van der Waals surface area contributed by atoms with Crippen molar-refractivity contribution in [2.45, 2.75) is 0 Å². The van der Waals surface area contributed by atoms with Crippen LogP contribution in [0.15, 0.2) is 144 Å². The molecule has 2 aliphatic rings. The number of ether oxygens (including phenoxy) is 4. The summed E-state index contributed by atoms with van der Waals surface area (Å²) >= 11 is 0. The molecule has 0 aliphatic carbocycles. The first-order chi connectivity index (χ1) is 28.0.